The van der Waals surface area contributed by atoms with E-state index in [1.165, 1.54) is 25.3 Å². The van der Waals surface area contributed by atoms with Crippen molar-refractivity contribution in [1.82, 2.24) is 5.32 Å². The first kappa shape index (κ1) is 13.6. The number of ether oxygens (including phenoxy) is 1. The Bertz CT molecular complexity index is 471. The van der Waals surface area contributed by atoms with Crippen LogP contribution in [0.5, 0.6) is 5.75 Å². The maximum Gasteiger partial charge on any atom is 0.339 e. The number of carboxylic acid groups (broad SMARTS) is 1. The molecule has 1 aromatic carbocycles. The van der Waals surface area contributed by atoms with Gasteiger partial charge in [0.05, 0.1) is 7.11 Å². The van der Waals surface area contributed by atoms with Crippen LogP contribution >= 0.6 is 0 Å². The number of urea groups is 1. The molecule has 0 atom stereocenters. The zero-order valence-corrected chi connectivity index (χ0v) is 9.90. The molecule has 0 saturated heterocycles. The molecular formula is C12H14N2O4. The minimum absolute atomic E-state index is 0.0366. The molecule has 1 rings (SSSR count). The molecule has 0 bridgehead atoms. The number of nitrogens with one attached hydrogen (secondary N) is 2. The molecule has 6 heteroatoms. The number of carboxylic acids is 1. The van der Waals surface area contributed by atoms with Gasteiger partial charge in [-0.15, -0.1) is 6.58 Å². The lowest BCUT2D eigenvalue weighted by molar-refractivity contribution is 0.0693. The van der Waals surface area contributed by atoms with Gasteiger partial charge in [-0.05, 0) is 12.1 Å². The second kappa shape index (κ2) is 6.29. The smallest absolute Gasteiger partial charge is 0.339 e. The van der Waals surface area contributed by atoms with Gasteiger partial charge in [-0.1, -0.05) is 6.08 Å². The SMILES string of the molecule is C=CCNC(=O)Nc1ccc(C(=O)O)c(OC)c1. The number of carbonyl (C=O) groups is 2. The summed E-state index contributed by atoms with van der Waals surface area (Å²) in [5.74, 6) is -0.904. The van der Waals surface area contributed by atoms with Crippen molar-refractivity contribution in [1.29, 1.82) is 0 Å². The second-order valence-electron chi connectivity index (χ2n) is 3.34. The Balaban J connectivity index is 2.82. The van der Waals surface area contributed by atoms with E-state index in [0.29, 0.717) is 12.2 Å². The average Bonchev–Trinajstić information content (AvgIpc) is 2.35. The predicted molar refractivity (Wildman–Crippen MR) is 67.2 cm³/mol. The average molecular weight is 250 g/mol. The maximum atomic E-state index is 11.4. The Kier molecular flexibility index (Phi) is 4.74. The number of benzene rings is 1. The molecule has 0 aromatic heterocycles. The monoisotopic (exact) mass is 250 g/mol. The van der Waals surface area contributed by atoms with Gasteiger partial charge in [0.15, 0.2) is 0 Å². The number of anilines is 1. The molecule has 0 spiro atoms. The van der Waals surface area contributed by atoms with Crippen molar-refractivity contribution in [2.75, 3.05) is 19.0 Å². The van der Waals surface area contributed by atoms with Crippen molar-refractivity contribution in [2.45, 2.75) is 0 Å². The van der Waals surface area contributed by atoms with Crippen molar-refractivity contribution in [2.24, 2.45) is 0 Å². The topological polar surface area (TPSA) is 87.7 Å². The summed E-state index contributed by atoms with van der Waals surface area (Å²) in [4.78, 5) is 22.2. The molecule has 3 N–H and O–H groups in total. The molecule has 0 aliphatic carbocycles. The van der Waals surface area contributed by atoms with Crippen LogP contribution in [0.25, 0.3) is 0 Å². The zero-order valence-electron chi connectivity index (χ0n) is 9.90. The van der Waals surface area contributed by atoms with Gasteiger partial charge in [0.1, 0.15) is 11.3 Å². The molecule has 0 radical (unpaired) electrons. The second-order valence-corrected chi connectivity index (χ2v) is 3.34. The van der Waals surface area contributed by atoms with Crippen molar-refractivity contribution in [3.63, 3.8) is 0 Å². The lowest BCUT2D eigenvalue weighted by atomic mass is 10.2. The molecule has 96 valence electrons. The van der Waals surface area contributed by atoms with Crippen LogP contribution in [-0.4, -0.2) is 30.8 Å². The van der Waals surface area contributed by atoms with Crippen molar-refractivity contribution >= 4 is 17.7 Å². The third kappa shape index (κ3) is 3.51. The molecule has 0 fully saturated rings. The quantitative estimate of drug-likeness (QED) is 0.694. The summed E-state index contributed by atoms with van der Waals surface area (Å²) in [5, 5.41) is 14.0. The van der Waals surface area contributed by atoms with E-state index in [1.54, 1.807) is 6.08 Å². The summed E-state index contributed by atoms with van der Waals surface area (Å²) in [6, 6.07) is 3.89. The summed E-state index contributed by atoms with van der Waals surface area (Å²) in [5.41, 5.74) is 0.480. The number of carbonyl (C=O) groups excluding carboxylic acids is 1. The number of aromatic carboxylic acids is 1. The van der Waals surface area contributed by atoms with Gasteiger partial charge in [0, 0.05) is 18.3 Å². The third-order valence-electron chi connectivity index (χ3n) is 2.10. The van der Waals surface area contributed by atoms with E-state index in [-0.39, 0.29) is 11.3 Å². The van der Waals surface area contributed by atoms with E-state index in [2.05, 4.69) is 17.2 Å². The third-order valence-corrected chi connectivity index (χ3v) is 2.10. The zero-order chi connectivity index (χ0) is 13.5. The highest BCUT2D eigenvalue weighted by Gasteiger charge is 2.11. The number of rotatable bonds is 5. The number of hydrogen-bond donors (Lipinski definition) is 3. The summed E-state index contributed by atoms with van der Waals surface area (Å²) in [6.07, 6.45) is 1.55. The minimum Gasteiger partial charge on any atom is -0.496 e. The summed E-state index contributed by atoms with van der Waals surface area (Å²) >= 11 is 0. The molecule has 2 amide bonds. The van der Waals surface area contributed by atoms with Gasteiger partial charge in [-0.3, -0.25) is 0 Å². The van der Waals surface area contributed by atoms with Crippen LogP contribution in [0.15, 0.2) is 30.9 Å². The van der Waals surface area contributed by atoms with E-state index in [9.17, 15) is 9.59 Å². The van der Waals surface area contributed by atoms with Crippen molar-refractivity contribution in [3.8, 4) is 5.75 Å². The Morgan fingerprint density at radius 2 is 2.22 bits per heavy atom. The summed E-state index contributed by atoms with van der Waals surface area (Å²) in [7, 11) is 1.36. The summed E-state index contributed by atoms with van der Waals surface area (Å²) in [6.45, 7) is 3.81. The molecule has 6 nitrogen and oxygen atoms in total. The first-order valence-electron chi connectivity index (χ1n) is 5.15. The number of amides is 2. The van der Waals surface area contributed by atoms with Gasteiger partial charge < -0.3 is 20.5 Å². The normalized spacial score (nSPS) is 9.39. The van der Waals surface area contributed by atoms with Gasteiger partial charge >= 0.3 is 12.0 Å². The highest BCUT2D eigenvalue weighted by Crippen LogP contribution is 2.23. The van der Waals surface area contributed by atoms with Gasteiger partial charge in [0.2, 0.25) is 0 Å². The molecule has 0 aliphatic rings. The van der Waals surface area contributed by atoms with Gasteiger partial charge in [-0.25, -0.2) is 9.59 Å². The highest BCUT2D eigenvalue weighted by atomic mass is 16.5. The fourth-order valence-corrected chi connectivity index (χ4v) is 1.29. The van der Waals surface area contributed by atoms with Crippen LogP contribution in [0, 0.1) is 0 Å². The Hall–Kier alpha value is -2.50. The van der Waals surface area contributed by atoms with Crippen LogP contribution in [0.1, 0.15) is 10.4 Å². The molecule has 0 heterocycles. The molecule has 1 aromatic rings. The first-order chi connectivity index (χ1) is 8.58. The molecule has 0 saturated carbocycles. The standard InChI is InChI=1S/C12H14N2O4/c1-3-6-13-12(17)14-8-4-5-9(11(15)16)10(7-8)18-2/h3-5,7H,1,6H2,2H3,(H,15,16)(H2,13,14,17). The fraction of sp³-hybridized carbons (Fsp3) is 0.167. The summed E-state index contributed by atoms with van der Waals surface area (Å²) < 4.78 is 4.94. The Labute approximate surface area is 104 Å². The Morgan fingerprint density at radius 3 is 2.78 bits per heavy atom. The largest absolute Gasteiger partial charge is 0.496 e. The molecule has 18 heavy (non-hydrogen) atoms. The maximum absolute atomic E-state index is 11.4. The van der Waals surface area contributed by atoms with E-state index in [4.69, 9.17) is 9.84 Å². The van der Waals surface area contributed by atoms with Crippen molar-refractivity contribution < 1.29 is 19.4 Å². The molecular weight excluding hydrogens is 236 g/mol. The highest BCUT2D eigenvalue weighted by molar-refractivity contribution is 5.94. The van der Waals surface area contributed by atoms with E-state index in [0.717, 1.165) is 0 Å². The van der Waals surface area contributed by atoms with E-state index < -0.39 is 12.0 Å². The van der Waals surface area contributed by atoms with Crippen LogP contribution in [0.4, 0.5) is 10.5 Å². The van der Waals surface area contributed by atoms with Crippen LogP contribution in [0.2, 0.25) is 0 Å². The predicted octanol–water partition coefficient (Wildman–Crippen LogP) is 1.70. The Morgan fingerprint density at radius 1 is 1.50 bits per heavy atom. The fourth-order valence-electron chi connectivity index (χ4n) is 1.29. The number of hydrogen-bond acceptors (Lipinski definition) is 3. The van der Waals surface area contributed by atoms with Crippen LogP contribution in [-0.2, 0) is 0 Å². The number of methoxy groups -OCH3 is 1. The lowest BCUT2D eigenvalue weighted by Crippen LogP contribution is -2.28. The molecule has 0 unspecified atom stereocenters. The van der Waals surface area contributed by atoms with Crippen molar-refractivity contribution in [3.05, 3.63) is 36.4 Å². The van der Waals surface area contributed by atoms with E-state index >= 15 is 0 Å². The van der Waals surface area contributed by atoms with Crippen LogP contribution < -0.4 is 15.4 Å². The lowest BCUT2D eigenvalue weighted by Gasteiger charge is -2.09. The molecule has 0 aliphatic heterocycles. The van der Waals surface area contributed by atoms with Gasteiger partial charge in [-0.2, -0.15) is 0 Å². The first-order valence-corrected chi connectivity index (χ1v) is 5.15. The minimum atomic E-state index is -1.09. The van der Waals surface area contributed by atoms with Crippen LogP contribution in [0.3, 0.4) is 0 Å². The van der Waals surface area contributed by atoms with E-state index in [1.807, 2.05) is 0 Å². The van der Waals surface area contributed by atoms with Gasteiger partial charge in [0.25, 0.3) is 0 Å².